The first kappa shape index (κ1) is 20.5. The summed E-state index contributed by atoms with van der Waals surface area (Å²) in [5, 5.41) is 0. The van der Waals surface area contributed by atoms with Gasteiger partial charge in [0.1, 0.15) is 24.4 Å². The minimum atomic E-state index is -3.76. The lowest BCUT2D eigenvalue weighted by Gasteiger charge is -2.34. The Morgan fingerprint density at radius 2 is 1.72 bits per heavy atom. The Kier molecular flexibility index (Phi) is 5.06. The molecule has 32 heavy (non-hydrogen) atoms. The van der Waals surface area contributed by atoms with Crippen LogP contribution in [0.5, 0.6) is 11.5 Å². The Labute approximate surface area is 183 Å². The summed E-state index contributed by atoms with van der Waals surface area (Å²) in [5.74, 6) is 0.452. The zero-order chi connectivity index (χ0) is 22.3. The predicted molar refractivity (Wildman–Crippen MR) is 114 cm³/mol. The van der Waals surface area contributed by atoms with Crippen LogP contribution in [0, 0.1) is 0 Å². The number of sulfonamides is 1. The maximum atomic E-state index is 13.1. The van der Waals surface area contributed by atoms with Crippen LogP contribution < -0.4 is 15.0 Å². The largest absolute Gasteiger partial charge is 0.486 e. The molecule has 1 fully saturated rings. The molecule has 10 nitrogen and oxygen atoms in total. The van der Waals surface area contributed by atoms with E-state index in [2.05, 4.69) is 4.98 Å². The lowest BCUT2D eigenvalue weighted by molar-refractivity contribution is 0.0695. The van der Waals surface area contributed by atoms with Gasteiger partial charge in [-0.1, -0.05) is 6.07 Å². The quantitative estimate of drug-likeness (QED) is 0.568. The fourth-order valence-electron chi connectivity index (χ4n) is 3.81. The first-order valence-electron chi connectivity index (χ1n) is 10.1. The summed E-state index contributed by atoms with van der Waals surface area (Å²) in [6.45, 7) is 1.35. The van der Waals surface area contributed by atoms with Crippen LogP contribution in [0.25, 0.3) is 5.65 Å². The molecule has 0 unspecified atom stereocenters. The molecule has 0 spiro atoms. The second-order valence-corrected chi connectivity index (χ2v) is 9.35. The summed E-state index contributed by atoms with van der Waals surface area (Å²) in [6, 6.07) is 9.65. The van der Waals surface area contributed by atoms with Gasteiger partial charge in [0.15, 0.2) is 11.5 Å². The first-order chi connectivity index (χ1) is 15.4. The summed E-state index contributed by atoms with van der Waals surface area (Å²) < 4.78 is 39.7. The standard InChI is InChI=1S/C21H20N4O6S/c26-20(16-14-22-19-3-1-2-6-25(19)21(16)27)23-7-9-24(10-8-23)32(28,29)15-4-5-17-18(13-15)31-12-11-30-17/h1-6,13-14H,7-12H2. The molecule has 1 aromatic carbocycles. The predicted octanol–water partition coefficient (Wildman–Crippen LogP) is 0.612. The third-order valence-electron chi connectivity index (χ3n) is 5.52. The highest BCUT2D eigenvalue weighted by atomic mass is 32.2. The van der Waals surface area contributed by atoms with Gasteiger partial charge in [0.05, 0.1) is 4.90 Å². The average Bonchev–Trinajstić information content (AvgIpc) is 2.84. The van der Waals surface area contributed by atoms with Gasteiger partial charge in [0.25, 0.3) is 11.5 Å². The van der Waals surface area contributed by atoms with E-state index in [9.17, 15) is 18.0 Å². The maximum absolute atomic E-state index is 13.1. The van der Waals surface area contributed by atoms with Crippen molar-refractivity contribution in [3.63, 3.8) is 0 Å². The van der Waals surface area contributed by atoms with Crippen molar-refractivity contribution in [1.29, 1.82) is 0 Å². The SMILES string of the molecule is O=C(c1cnc2ccccn2c1=O)N1CCN(S(=O)(=O)c2ccc3c(c2)OCCO3)CC1. The van der Waals surface area contributed by atoms with Crippen molar-refractivity contribution < 1.29 is 22.7 Å². The van der Waals surface area contributed by atoms with Gasteiger partial charge in [-0.25, -0.2) is 13.4 Å². The Morgan fingerprint density at radius 3 is 2.50 bits per heavy atom. The first-order valence-corrected chi connectivity index (χ1v) is 11.5. The third kappa shape index (κ3) is 3.49. The highest BCUT2D eigenvalue weighted by Gasteiger charge is 2.32. The highest BCUT2D eigenvalue weighted by Crippen LogP contribution is 2.33. The topological polar surface area (TPSA) is 111 Å². The number of aromatic nitrogens is 2. The monoisotopic (exact) mass is 456 g/mol. The summed E-state index contributed by atoms with van der Waals surface area (Å²) in [4.78, 5) is 31.4. The van der Waals surface area contributed by atoms with E-state index in [1.807, 2.05) is 0 Å². The lowest BCUT2D eigenvalue weighted by Crippen LogP contribution is -2.51. The zero-order valence-electron chi connectivity index (χ0n) is 17.0. The van der Waals surface area contributed by atoms with Gasteiger partial charge in [-0.15, -0.1) is 0 Å². The fraction of sp³-hybridized carbons (Fsp3) is 0.286. The van der Waals surface area contributed by atoms with E-state index in [0.717, 1.165) is 0 Å². The molecule has 11 heteroatoms. The number of hydrogen-bond acceptors (Lipinski definition) is 7. The van der Waals surface area contributed by atoms with Crippen LogP contribution in [0.1, 0.15) is 10.4 Å². The molecule has 0 bridgehead atoms. The molecular weight excluding hydrogens is 436 g/mol. The van der Waals surface area contributed by atoms with Crippen molar-refractivity contribution in [1.82, 2.24) is 18.6 Å². The molecule has 1 amide bonds. The number of amides is 1. The van der Waals surface area contributed by atoms with Gasteiger partial charge in [-0.05, 0) is 24.3 Å². The molecule has 0 aliphatic carbocycles. The molecule has 1 saturated heterocycles. The van der Waals surface area contributed by atoms with E-state index >= 15 is 0 Å². The lowest BCUT2D eigenvalue weighted by atomic mass is 10.2. The van der Waals surface area contributed by atoms with Crippen molar-refractivity contribution in [2.45, 2.75) is 4.90 Å². The van der Waals surface area contributed by atoms with Gasteiger partial charge in [-0.2, -0.15) is 4.31 Å². The van der Waals surface area contributed by atoms with Gasteiger partial charge >= 0.3 is 0 Å². The van der Waals surface area contributed by atoms with Gasteiger partial charge in [-0.3, -0.25) is 14.0 Å². The Balaban J connectivity index is 1.32. The summed E-state index contributed by atoms with van der Waals surface area (Å²) >= 11 is 0. The maximum Gasteiger partial charge on any atom is 0.270 e. The van der Waals surface area contributed by atoms with Crippen LogP contribution in [0.3, 0.4) is 0 Å². The molecule has 4 heterocycles. The van der Waals surface area contributed by atoms with E-state index in [1.165, 1.54) is 31.9 Å². The second kappa shape index (κ2) is 7.92. The van der Waals surface area contributed by atoms with Gasteiger partial charge in [0.2, 0.25) is 10.0 Å². The van der Waals surface area contributed by atoms with Crippen LogP contribution >= 0.6 is 0 Å². The number of rotatable bonds is 3. The Morgan fingerprint density at radius 1 is 0.969 bits per heavy atom. The van der Waals surface area contributed by atoms with Crippen molar-refractivity contribution in [3.05, 3.63) is 64.7 Å². The van der Waals surface area contributed by atoms with E-state index in [1.54, 1.807) is 30.5 Å². The van der Waals surface area contributed by atoms with E-state index in [4.69, 9.17) is 9.47 Å². The number of ether oxygens (including phenoxy) is 2. The van der Waals surface area contributed by atoms with Gasteiger partial charge in [0, 0.05) is 44.6 Å². The van der Waals surface area contributed by atoms with Crippen LogP contribution in [0.2, 0.25) is 0 Å². The van der Waals surface area contributed by atoms with Crippen LogP contribution in [-0.4, -0.2) is 72.3 Å². The number of fused-ring (bicyclic) bond motifs is 2. The number of nitrogens with zero attached hydrogens (tertiary/aromatic N) is 4. The van der Waals surface area contributed by atoms with Gasteiger partial charge < -0.3 is 14.4 Å². The zero-order valence-corrected chi connectivity index (χ0v) is 17.8. The van der Waals surface area contributed by atoms with Crippen LogP contribution in [0.4, 0.5) is 0 Å². The molecule has 0 saturated carbocycles. The molecule has 3 aromatic rings. The summed E-state index contributed by atoms with van der Waals surface area (Å²) in [6.07, 6.45) is 2.83. The van der Waals surface area contributed by atoms with E-state index in [0.29, 0.717) is 30.4 Å². The molecule has 0 N–H and O–H groups in total. The molecular formula is C21H20N4O6S. The molecule has 166 valence electrons. The summed E-state index contributed by atoms with van der Waals surface area (Å²) in [7, 11) is -3.76. The molecule has 2 aliphatic heterocycles. The van der Waals surface area contributed by atoms with Crippen LogP contribution in [-0.2, 0) is 10.0 Å². The molecule has 5 rings (SSSR count). The highest BCUT2D eigenvalue weighted by molar-refractivity contribution is 7.89. The molecule has 0 atom stereocenters. The van der Waals surface area contributed by atoms with Crippen LogP contribution in [0.15, 0.2) is 58.5 Å². The van der Waals surface area contributed by atoms with Crippen molar-refractivity contribution in [3.8, 4) is 11.5 Å². The minimum absolute atomic E-state index is 0.0446. The Bertz CT molecular complexity index is 1360. The fourth-order valence-corrected chi connectivity index (χ4v) is 5.25. The van der Waals surface area contributed by atoms with Crippen molar-refractivity contribution in [2.24, 2.45) is 0 Å². The number of carbonyl (C=O) groups excluding carboxylic acids is 1. The average molecular weight is 456 g/mol. The smallest absolute Gasteiger partial charge is 0.270 e. The number of hydrogen-bond donors (Lipinski definition) is 0. The molecule has 0 radical (unpaired) electrons. The number of carbonyl (C=O) groups is 1. The number of pyridine rings is 1. The minimum Gasteiger partial charge on any atom is -0.486 e. The van der Waals surface area contributed by atoms with Crippen molar-refractivity contribution >= 4 is 21.6 Å². The molecule has 2 aliphatic rings. The number of piperazine rings is 1. The normalized spacial score (nSPS) is 16.8. The van der Waals surface area contributed by atoms with Crippen molar-refractivity contribution in [2.75, 3.05) is 39.4 Å². The summed E-state index contributed by atoms with van der Waals surface area (Å²) in [5.41, 5.74) is -0.0480. The Hall–Kier alpha value is -3.44. The van der Waals surface area contributed by atoms with E-state index < -0.39 is 21.5 Å². The van der Waals surface area contributed by atoms with E-state index in [-0.39, 0.29) is 36.6 Å². The third-order valence-corrected chi connectivity index (χ3v) is 7.42. The second-order valence-electron chi connectivity index (χ2n) is 7.41. The number of benzene rings is 1. The molecule has 2 aromatic heterocycles.